The SMILES string of the molecule is O=C(c1ccccc1)N1CCN(c2ncnc3cc(Cl)c([N+](=O)[O-])cc23)CC1. The van der Waals surface area contributed by atoms with E-state index in [9.17, 15) is 14.9 Å². The van der Waals surface area contributed by atoms with Crippen molar-refractivity contribution in [1.82, 2.24) is 14.9 Å². The Bertz CT molecular complexity index is 1050. The third kappa shape index (κ3) is 3.34. The lowest BCUT2D eigenvalue weighted by Crippen LogP contribution is -2.49. The number of nitrogens with zero attached hydrogens (tertiary/aromatic N) is 5. The van der Waals surface area contributed by atoms with Crippen molar-refractivity contribution in [3.8, 4) is 0 Å². The number of nitro benzene ring substituents is 1. The fourth-order valence-electron chi connectivity index (χ4n) is 3.33. The fraction of sp³-hybridized carbons (Fsp3) is 0.211. The van der Waals surface area contributed by atoms with Crippen LogP contribution in [0.25, 0.3) is 10.9 Å². The van der Waals surface area contributed by atoms with Gasteiger partial charge in [-0.2, -0.15) is 0 Å². The van der Waals surface area contributed by atoms with Crippen LogP contribution in [0.4, 0.5) is 11.5 Å². The number of carbonyl (C=O) groups excluding carboxylic acids is 1. The van der Waals surface area contributed by atoms with Crippen LogP contribution in [0.5, 0.6) is 0 Å². The Labute approximate surface area is 165 Å². The van der Waals surface area contributed by atoms with Crippen molar-refractivity contribution >= 4 is 39.9 Å². The number of hydrogen-bond donors (Lipinski definition) is 0. The highest BCUT2D eigenvalue weighted by atomic mass is 35.5. The maximum atomic E-state index is 12.6. The van der Waals surface area contributed by atoms with Gasteiger partial charge in [-0.05, 0) is 18.2 Å². The minimum Gasteiger partial charge on any atom is -0.352 e. The van der Waals surface area contributed by atoms with Gasteiger partial charge in [-0.15, -0.1) is 0 Å². The summed E-state index contributed by atoms with van der Waals surface area (Å²) in [5.74, 6) is 0.604. The molecule has 142 valence electrons. The van der Waals surface area contributed by atoms with Crippen LogP contribution in [0.15, 0.2) is 48.8 Å². The summed E-state index contributed by atoms with van der Waals surface area (Å²) in [6.07, 6.45) is 1.42. The zero-order valence-electron chi connectivity index (χ0n) is 14.8. The van der Waals surface area contributed by atoms with E-state index in [1.807, 2.05) is 23.1 Å². The summed E-state index contributed by atoms with van der Waals surface area (Å²) in [5, 5.41) is 11.8. The van der Waals surface area contributed by atoms with Crippen LogP contribution in [-0.2, 0) is 0 Å². The van der Waals surface area contributed by atoms with Crippen molar-refractivity contribution < 1.29 is 9.72 Å². The molecule has 4 rings (SSSR count). The molecule has 1 saturated heterocycles. The predicted molar refractivity (Wildman–Crippen MR) is 106 cm³/mol. The second kappa shape index (κ2) is 7.40. The van der Waals surface area contributed by atoms with E-state index in [4.69, 9.17) is 11.6 Å². The number of aromatic nitrogens is 2. The highest BCUT2D eigenvalue weighted by Crippen LogP contribution is 2.33. The highest BCUT2D eigenvalue weighted by molar-refractivity contribution is 6.33. The lowest BCUT2D eigenvalue weighted by atomic mass is 10.1. The molecule has 0 bridgehead atoms. The number of anilines is 1. The maximum absolute atomic E-state index is 12.6. The number of nitro groups is 1. The monoisotopic (exact) mass is 397 g/mol. The van der Waals surface area contributed by atoms with Crippen molar-refractivity contribution in [1.29, 1.82) is 0 Å². The average molecular weight is 398 g/mol. The second-order valence-corrected chi connectivity index (χ2v) is 6.83. The van der Waals surface area contributed by atoms with Gasteiger partial charge in [-0.3, -0.25) is 14.9 Å². The first-order valence-electron chi connectivity index (χ1n) is 8.72. The lowest BCUT2D eigenvalue weighted by Gasteiger charge is -2.35. The molecule has 1 aromatic heterocycles. The fourth-order valence-corrected chi connectivity index (χ4v) is 3.56. The number of benzene rings is 2. The summed E-state index contributed by atoms with van der Waals surface area (Å²) < 4.78 is 0. The van der Waals surface area contributed by atoms with Crippen LogP contribution >= 0.6 is 11.6 Å². The molecule has 9 heteroatoms. The van der Waals surface area contributed by atoms with Gasteiger partial charge in [0.05, 0.1) is 10.4 Å². The molecule has 0 radical (unpaired) electrons. The first-order chi connectivity index (χ1) is 13.5. The van der Waals surface area contributed by atoms with Crippen molar-refractivity contribution in [3.05, 3.63) is 69.5 Å². The predicted octanol–water partition coefficient (Wildman–Crippen LogP) is 3.15. The summed E-state index contributed by atoms with van der Waals surface area (Å²) in [6, 6.07) is 12.1. The molecule has 0 saturated carbocycles. The minimum absolute atomic E-state index is 0.00443. The molecule has 0 aliphatic carbocycles. The summed E-state index contributed by atoms with van der Waals surface area (Å²) in [6.45, 7) is 2.21. The number of hydrogen-bond acceptors (Lipinski definition) is 6. The lowest BCUT2D eigenvalue weighted by molar-refractivity contribution is -0.384. The molecule has 3 aromatic rings. The Hall–Kier alpha value is -3.26. The van der Waals surface area contributed by atoms with Gasteiger partial charge < -0.3 is 9.80 Å². The summed E-state index contributed by atoms with van der Waals surface area (Å²) in [4.78, 5) is 35.6. The van der Waals surface area contributed by atoms with E-state index in [0.29, 0.717) is 48.5 Å². The molecule has 0 unspecified atom stereocenters. The Morgan fingerprint density at radius 2 is 1.79 bits per heavy atom. The molecule has 1 amide bonds. The van der Waals surface area contributed by atoms with Crippen LogP contribution in [0.1, 0.15) is 10.4 Å². The van der Waals surface area contributed by atoms with Crippen LogP contribution in [0, 0.1) is 10.1 Å². The number of amides is 1. The Morgan fingerprint density at radius 3 is 2.46 bits per heavy atom. The van der Waals surface area contributed by atoms with Gasteiger partial charge in [0.2, 0.25) is 0 Å². The van der Waals surface area contributed by atoms with Crippen molar-refractivity contribution in [2.24, 2.45) is 0 Å². The number of rotatable bonds is 3. The van der Waals surface area contributed by atoms with Crippen LogP contribution < -0.4 is 4.90 Å². The zero-order valence-corrected chi connectivity index (χ0v) is 15.5. The number of fused-ring (bicyclic) bond motifs is 1. The Morgan fingerprint density at radius 1 is 1.07 bits per heavy atom. The highest BCUT2D eigenvalue weighted by Gasteiger charge is 2.25. The van der Waals surface area contributed by atoms with Gasteiger partial charge in [-0.25, -0.2) is 9.97 Å². The van der Waals surface area contributed by atoms with E-state index >= 15 is 0 Å². The van der Waals surface area contributed by atoms with E-state index in [1.54, 1.807) is 17.0 Å². The topological polar surface area (TPSA) is 92.5 Å². The van der Waals surface area contributed by atoms with Crippen molar-refractivity contribution in [2.45, 2.75) is 0 Å². The third-order valence-corrected chi connectivity index (χ3v) is 5.07. The van der Waals surface area contributed by atoms with Crippen LogP contribution in [0.3, 0.4) is 0 Å². The van der Waals surface area contributed by atoms with Gasteiger partial charge in [0, 0.05) is 43.2 Å². The van der Waals surface area contributed by atoms with Crippen LogP contribution in [0.2, 0.25) is 5.02 Å². The van der Waals surface area contributed by atoms with E-state index in [2.05, 4.69) is 9.97 Å². The molecule has 28 heavy (non-hydrogen) atoms. The Kier molecular flexibility index (Phi) is 4.79. The average Bonchev–Trinajstić information content (AvgIpc) is 2.73. The molecule has 0 spiro atoms. The first-order valence-corrected chi connectivity index (χ1v) is 9.10. The first kappa shape index (κ1) is 18.1. The number of carbonyl (C=O) groups is 1. The smallest absolute Gasteiger partial charge is 0.288 e. The van der Waals surface area contributed by atoms with Gasteiger partial charge in [0.25, 0.3) is 11.6 Å². The quantitative estimate of drug-likeness (QED) is 0.498. The Balaban J connectivity index is 1.58. The molecule has 1 aliphatic heterocycles. The van der Waals surface area contributed by atoms with Gasteiger partial charge in [0.1, 0.15) is 17.2 Å². The molecular formula is C19H16ClN5O3. The molecule has 2 heterocycles. The van der Waals surface area contributed by atoms with Gasteiger partial charge in [-0.1, -0.05) is 29.8 Å². The molecule has 0 N–H and O–H groups in total. The zero-order chi connectivity index (χ0) is 19.7. The second-order valence-electron chi connectivity index (χ2n) is 6.42. The van der Waals surface area contributed by atoms with Crippen molar-refractivity contribution in [3.63, 3.8) is 0 Å². The van der Waals surface area contributed by atoms with Gasteiger partial charge >= 0.3 is 0 Å². The molecule has 8 nitrogen and oxygen atoms in total. The van der Waals surface area contributed by atoms with Crippen LogP contribution in [-0.4, -0.2) is 51.9 Å². The maximum Gasteiger partial charge on any atom is 0.288 e. The molecular weight excluding hydrogens is 382 g/mol. The molecule has 2 aromatic carbocycles. The van der Waals surface area contributed by atoms with E-state index in [1.165, 1.54) is 18.5 Å². The number of piperazine rings is 1. The molecule has 1 fully saturated rings. The molecule has 0 atom stereocenters. The van der Waals surface area contributed by atoms with Gasteiger partial charge in [0.15, 0.2) is 0 Å². The third-order valence-electron chi connectivity index (χ3n) is 4.77. The minimum atomic E-state index is -0.519. The van der Waals surface area contributed by atoms with E-state index in [-0.39, 0.29) is 16.6 Å². The van der Waals surface area contributed by atoms with Crippen molar-refractivity contribution in [2.75, 3.05) is 31.1 Å². The summed E-state index contributed by atoms with van der Waals surface area (Å²) in [5.41, 5.74) is 1.03. The molecule has 1 aliphatic rings. The largest absolute Gasteiger partial charge is 0.352 e. The standard InChI is InChI=1S/C19H16ClN5O3/c20-15-11-16-14(10-17(15)25(27)28)18(22-12-21-16)23-6-8-24(9-7-23)19(26)13-4-2-1-3-5-13/h1-5,10-12H,6-9H2. The summed E-state index contributed by atoms with van der Waals surface area (Å²) in [7, 11) is 0. The van der Waals surface area contributed by atoms with E-state index in [0.717, 1.165) is 0 Å². The van der Waals surface area contributed by atoms with E-state index < -0.39 is 4.92 Å². The summed E-state index contributed by atoms with van der Waals surface area (Å²) >= 11 is 5.99. The normalized spacial score (nSPS) is 14.3. The number of halogens is 1.